The van der Waals surface area contributed by atoms with Crippen molar-refractivity contribution < 1.29 is 22.8 Å². The molecule has 172 valence electrons. The predicted molar refractivity (Wildman–Crippen MR) is 121 cm³/mol. The number of anilines is 2. The molecule has 4 nitrogen and oxygen atoms in total. The normalized spacial score (nSPS) is 19.4. The number of rotatable bonds is 6. The van der Waals surface area contributed by atoms with Gasteiger partial charge in [0.05, 0.1) is 23.0 Å². The monoisotopic (exact) mass is 546 g/mol. The summed E-state index contributed by atoms with van der Waals surface area (Å²) in [4.78, 5) is 24.6. The van der Waals surface area contributed by atoms with E-state index in [2.05, 4.69) is 10.6 Å². The van der Waals surface area contributed by atoms with Crippen molar-refractivity contribution >= 4 is 81.2 Å². The topological polar surface area (TPSA) is 58.2 Å². The Morgan fingerprint density at radius 1 is 0.969 bits per heavy atom. The molecule has 0 unspecified atom stereocenters. The highest BCUT2D eigenvalue weighted by molar-refractivity contribution is 6.53. The summed E-state index contributed by atoms with van der Waals surface area (Å²) in [6.45, 7) is 0. The van der Waals surface area contributed by atoms with Gasteiger partial charge in [-0.15, -0.1) is 23.2 Å². The van der Waals surface area contributed by atoms with Crippen molar-refractivity contribution in [2.75, 3.05) is 10.6 Å². The molecule has 2 aromatic rings. The van der Waals surface area contributed by atoms with E-state index in [-0.39, 0.29) is 16.4 Å². The summed E-state index contributed by atoms with van der Waals surface area (Å²) in [6.07, 6.45) is -6.49. The molecular weight excluding hydrogens is 534 g/mol. The van der Waals surface area contributed by atoms with E-state index in [0.717, 1.165) is 0 Å². The summed E-state index contributed by atoms with van der Waals surface area (Å²) < 4.78 is 35.5. The number of hydrogen-bond acceptors (Lipinski definition) is 2. The van der Waals surface area contributed by atoms with Crippen molar-refractivity contribution in [3.05, 3.63) is 57.0 Å². The highest BCUT2D eigenvalue weighted by atomic mass is 35.5. The lowest BCUT2D eigenvalue weighted by Gasteiger charge is -2.11. The second kappa shape index (κ2) is 9.47. The predicted octanol–water partition coefficient (Wildman–Crippen LogP) is 7.45. The summed E-state index contributed by atoms with van der Waals surface area (Å²) in [5.41, 5.74) is 0.888. The van der Waals surface area contributed by atoms with Crippen LogP contribution in [0.2, 0.25) is 15.1 Å². The first-order chi connectivity index (χ1) is 14.8. The fourth-order valence-electron chi connectivity index (χ4n) is 3.21. The molecule has 1 aliphatic carbocycles. The van der Waals surface area contributed by atoms with Crippen molar-refractivity contribution in [2.24, 2.45) is 5.92 Å². The largest absolute Gasteiger partial charge is 0.389 e. The standard InChI is InChI=1S/C20H14Cl5F3N2O2/c21-10-5-9(6-11(22)7-10)16-17(20(16,24)25)18(32)29-12-1-2-13(23)14(8-12)30-15(31)3-4-19(26,27)28/h1-2,5-8,16-17H,3-4H2,(H,29,32)(H,30,31)/t16-,17+/m0/s1. The van der Waals surface area contributed by atoms with Crippen LogP contribution in [0.15, 0.2) is 36.4 Å². The molecule has 0 bridgehead atoms. The molecule has 0 aliphatic heterocycles. The number of benzene rings is 2. The van der Waals surface area contributed by atoms with Crippen LogP contribution in [0.3, 0.4) is 0 Å². The Bertz CT molecular complexity index is 1040. The van der Waals surface area contributed by atoms with Gasteiger partial charge in [0.1, 0.15) is 4.33 Å². The molecular formula is C20H14Cl5F3N2O2. The summed E-state index contributed by atoms with van der Waals surface area (Å²) in [6, 6.07) is 8.93. The molecule has 2 N–H and O–H groups in total. The number of hydrogen-bond donors (Lipinski definition) is 2. The minimum absolute atomic E-state index is 0.0496. The van der Waals surface area contributed by atoms with E-state index >= 15 is 0 Å². The van der Waals surface area contributed by atoms with Gasteiger partial charge in [-0.1, -0.05) is 34.8 Å². The van der Waals surface area contributed by atoms with Gasteiger partial charge in [0, 0.05) is 28.1 Å². The van der Waals surface area contributed by atoms with Crippen LogP contribution in [0.4, 0.5) is 24.5 Å². The minimum Gasteiger partial charge on any atom is -0.326 e. The number of nitrogens with one attached hydrogen (secondary N) is 2. The quantitative estimate of drug-likeness (QED) is 0.368. The third-order valence-corrected chi connectivity index (χ3v) is 6.43. The van der Waals surface area contributed by atoms with E-state index in [1.54, 1.807) is 12.1 Å². The van der Waals surface area contributed by atoms with Crippen LogP contribution >= 0.6 is 58.0 Å². The van der Waals surface area contributed by atoms with Crippen LogP contribution in [0, 0.1) is 5.92 Å². The highest BCUT2D eigenvalue weighted by Gasteiger charge is 2.67. The van der Waals surface area contributed by atoms with Crippen molar-refractivity contribution in [2.45, 2.75) is 29.3 Å². The lowest BCUT2D eigenvalue weighted by atomic mass is 10.1. The van der Waals surface area contributed by atoms with Gasteiger partial charge in [0.25, 0.3) is 0 Å². The van der Waals surface area contributed by atoms with E-state index in [1.807, 2.05) is 0 Å². The zero-order valence-corrected chi connectivity index (χ0v) is 19.7. The van der Waals surface area contributed by atoms with E-state index < -0.39 is 47.0 Å². The highest BCUT2D eigenvalue weighted by Crippen LogP contribution is 2.65. The summed E-state index contributed by atoms with van der Waals surface area (Å²) >= 11 is 30.7. The Morgan fingerprint density at radius 2 is 1.59 bits per heavy atom. The summed E-state index contributed by atoms with van der Waals surface area (Å²) in [7, 11) is 0. The smallest absolute Gasteiger partial charge is 0.326 e. The fraction of sp³-hybridized carbons (Fsp3) is 0.300. The zero-order chi connectivity index (χ0) is 23.8. The van der Waals surface area contributed by atoms with Gasteiger partial charge in [-0.05, 0) is 42.0 Å². The second-order valence-electron chi connectivity index (χ2n) is 7.18. The van der Waals surface area contributed by atoms with Crippen LogP contribution < -0.4 is 10.6 Å². The molecule has 2 atom stereocenters. The van der Waals surface area contributed by atoms with Gasteiger partial charge in [-0.2, -0.15) is 13.2 Å². The minimum atomic E-state index is -4.46. The molecule has 2 aromatic carbocycles. The maximum atomic E-state index is 12.8. The third-order valence-electron chi connectivity index (χ3n) is 4.72. The molecule has 3 rings (SSSR count). The Morgan fingerprint density at radius 3 is 2.19 bits per heavy atom. The molecule has 0 heterocycles. The first-order valence-electron chi connectivity index (χ1n) is 9.09. The lowest BCUT2D eigenvalue weighted by Crippen LogP contribution is -2.18. The molecule has 1 fully saturated rings. The Labute approximate surface area is 206 Å². The van der Waals surface area contributed by atoms with Gasteiger partial charge in [-0.25, -0.2) is 0 Å². The number of carbonyl (C=O) groups excluding carboxylic acids is 2. The molecule has 1 saturated carbocycles. The number of carbonyl (C=O) groups is 2. The average Bonchev–Trinajstić information content (AvgIpc) is 3.24. The Hall–Kier alpha value is -1.38. The van der Waals surface area contributed by atoms with E-state index in [9.17, 15) is 22.8 Å². The Balaban J connectivity index is 1.70. The van der Waals surface area contributed by atoms with Gasteiger partial charge in [-0.3, -0.25) is 9.59 Å². The molecule has 0 aromatic heterocycles. The number of alkyl halides is 5. The van der Waals surface area contributed by atoms with Crippen LogP contribution in [0.5, 0.6) is 0 Å². The molecule has 12 heteroatoms. The summed E-state index contributed by atoms with van der Waals surface area (Å²) in [5, 5.41) is 5.74. The van der Waals surface area contributed by atoms with Crippen LogP contribution in [-0.4, -0.2) is 22.3 Å². The first-order valence-corrected chi connectivity index (χ1v) is 11.0. The van der Waals surface area contributed by atoms with Crippen molar-refractivity contribution in [1.29, 1.82) is 0 Å². The van der Waals surface area contributed by atoms with Gasteiger partial charge in [0.15, 0.2) is 0 Å². The van der Waals surface area contributed by atoms with Crippen LogP contribution in [0.25, 0.3) is 0 Å². The molecule has 1 aliphatic rings. The fourth-order valence-corrected chi connectivity index (χ4v) is 4.75. The molecule has 32 heavy (non-hydrogen) atoms. The number of halogens is 8. The van der Waals surface area contributed by atoms with E-state index in [1.165, 1.54) is 24.3 Å². The average molecular weight is 549 g/mol. The second-order valence-corrected chi connectivity index (χ2v) is 9.90. The SMILES string of the molecule is O=C(CCC(F)(F)F)Nc1cc(NC(=O)[C@H]2[C@H](c3cc(Cl)cc(Cl)c3)C2(Cl)Cl)ccc1Cl. The maximum Gasteiger partial charge on any atom is 0.389 e. The molecule has 0 radical (unpaired) electrons. The van der Waals surface area contributed by atoms with E-state index in [4.69, 9.17) is 58.0 Å². The molecule has 2 amide bonds. The van der Waals surface area contributed by atoms with E-state index in [0.29, 0.717) is 15.6 Å². The third kappa shape index (κ3) is 6.14. The Kier molecular flexibility index (Phi) is 7.47. The summed E-state index contributed by atoms with van der Waals surface area (Å²) in [5.74, 6) is -2.75. The van der Waals surface area contributed by atoms with Gasteiger partial charge in [0.2, 0.25) is 11.8 Å². The first kappa shape index (κ1) is 25.2. The van der Waals surface area contributed by atoms with Crippen LogP contribution in [-0.2, 0) is 9.59 Å². The van der Waals surface area contributed by atoms with Crippen molar-refractivity contribution in [1.82, 2.24) is 0 Å². The van der Waals surface area contributed by atoms with Gasteiger partial charge < -0.3 is 10.6 Å². The lowest BCUT2D eigenvalue weighted by molar-refractivity contribution is -0.142. The molecule has 0 spiro atoms. The zero-order valence-electron chi connectivity index (χ0n) is 15.9. The van der Waals surface area contributed by atoms with Crippen LogP contribution in [0.1, 0.15) is 24.3 Å². The molecule has 0 saturated heterocycles. The number of amides is 2. The van der Waals surface area contributed by atoms with Crippen molar-refractivity contribution in [3.8, 4) is 0 Å². The van der Waals surface area contributed by atoms with Gasteiger partial charge >= 0.3 is 6.18 Å². The van der Waals surface area contributed by atoms with Crippen molar-refractivity contribution in [3.63, 3.8) is 0 Å². The maximum absolute atomic E-state index is 12.8.